The topological polar surface area (TPSA) is 55.8 Å². The van der Waals surface area contributed by atoms with Crippen molar-refractivity contribution in [1.82, 2.24) is 0 Å². The Morgan fingerprint density at radius 3 is 2.71 bits per heavy atom. The minimum absolute atomic E-state index is 0.283. The van der Waals surface area contributed by atoms with E-state index in [1.807, 2.05) is 19.9 Å². The molecule has 0 amide bonds. The summed E-state index contributed by atoms with van der Waals surface area (Å²) in [5.74, 6) is -0.139. The van der Waals surface area contributed by atoms with Crippen molar-refractivity contribution in [2.75, 3.05) is 20.3 Å². The predicted molar refractivity (Wildman–Crippen MR) is 67.4 cm³/mol. The number of thiophene rings is 1. The van der Waals surface area contributed by atoms with Gasteiger partial charge in [0, 0.05) is 25.0 Å². The molecule has 0 radical (unpaired) electrons. The van der Waals surface area contributed by atoms with Gasteiger partial charge in [0.1, 0.15) is 5.75 Å². The second-order valence-corrected chi connectivity index (χ2v) is 5.08. The van der Waals surface area contributed by atoms with E-state index < -0.39 is 5.97 Å². The number of aromatic carboxylic acids is 1. The number of carbonyl (C=O) groups is 1. The number of methoxy groups -OCH3 is 1. The van der Waals surface area contributed by atoms with Crippen LogP contribution in [-0.4, -0.2) is 31.4 Å². The molecule has 1 aromatic rings. The standard InChI is InChI=1S/C12H18O4S/c1-8(2)10-7-9(11(17-10)12(13)14)16-6-4-5-15-3/h7-8H,4-6H2,1-3H3,(H,13,14). The van der Waals surface area contributed by atoms with Gasteiger partial charge in [-0.15, -0.1) is 11.3 Å². The van der Waals surface area contributed by atoms with E-state index in [2.05, 4.69) is 0 Å². The van der Waals surface area contributed by atoms with E-state index >= 15 is 0 Å². The Morgan fingerprint density at radius 2 is 2.18 bits per heavy atom. The monoisotopic (exact) mass is 258 g/mol. The van der Waals surface area contributed by atoms with Crippen molar-refractivity contribution < 1.29 is 19.4 Å². The maximum atomic E-state index is 11.1. The number of rotatable bonds is 7. The summed E-state index contributed by atoms with van der Waals surface area (Å²) in [6.07, 6.45) is 0.752. The van der Waals surface area contributed by atoms with Crippen LogP contribution in [0.5, 0.6) is 5.75 Å². The van der Waals surface area contributed by atoms with E-state index in [9.17, 15) is 4.79 Å². The van der Waals surface area contributed by atoms with Crippen LogP contribution in [0.4, 0.5) is 0 Å². The molecule has 1 aromatic heterocycles. The van der Waals surface area contributed by atoms with E-state index in [-0.39, 0.29) is 4.88 Å². The largest absolute Gasteiger partial charge is 0.492 e. The van der Waals surface area contributed by atoms with E-state index in [0.29, 0.717) is 24.9 Å². The fraction of sp³-hybridized carbons (Fsp3) is 0.583. The van der Waals surface area contributed by atoms with E-state index in [4.69, 9.17) is 14.6 Å². The van der Waals surface area contributed by atoms with Gasteiger partial charge >= 0.3 is 5.97 Å². The van der Waals surface area contributed by atoms with Crippen molar-refractivity contribution in [2.24, 2.45) is 0 Å². The summed E-state index contributed by atoms with van der Waals surface area (Å²) in [5.41, 5.74) is 0. The quantitative estimate of drug-likeness (QED) is 0.764. The SMILES string of the molecule is COCCCOc1cc(C(C)C)sc1C(=O)O. The Morgan fingerprint density at radius 1 is 1.47 bits per heavy atom. The molecule has 0 spiro atoms. The van der Waals surface area contributed by atoms with Gasteiger partial charge in [-0.05, 0) is 12.0 Å². The molecule has 0 unspecified atom stereocenters. The van der Waals surface area contributed by atoms with Crippen molar-refractivity contribution in [3.05, 3.63) is 15.8 Å². The number of carboxylic acids is 1. The Kier molecular flexibility index (Phi) is 5.44. The third-order valence-corrected chi connectivity index (χ3v) is 3.64. The summed E-state index contributed by atoms with van der Waals surface area (Å²) < 4.78 is 10.4. The Balaban J connectivity index is 2.71. The van der Waals surface area contributed by atoms with Crippen LogP contribution in [0.2, 0.25) is 0 Å². The van der Waals surface area contributed by atoms with Gasteiger partial charge in [-0.2, -0.15) is 0 Å². The lowest BCUT2D eigenvalue weighted by Gasteiger charge is -2.04. The molecule has 0 aromatic carbocycles. The van der Waals surface area contributed by atoms with Crippen molar-refractivity contribution >= 4 is 17.3 Å². The molecular weight excluding hydrogens is 240 g/mol. The molecule has 0 fully saturated rings. The molecule has 1 rings (SSSR count). The number of carboxylic acid groups (broad SMARTS) is 1. The highest BCUT2D eigenvalue weighted by Crippen LogP contribution is 2.33. The molecule has 4 nitrogen and oxygen atoms in total. The zero-order valence-electron chi connectivity index (χ0n) is 10.4. The van der Waals surface area contributed by atoms with E-state index in [1.54, 1.807) is 7.11 Å². The normalized spacial score (nSPS) is 10.8. The van der Waals surface area contributed by atoms with Crippen molar-refractivity contribution in [2.45, 2.75) is 26.2 Å². The van der Waals surface area contributed by atoms with Crippen LogP contribution in [-0.2, 0) is 4.74 Å². The van der Waals surface area contributed by atoms with Crippen LogP contribution in [0.15, 0.2) is 6.07 Å². The van der Waals surface area contributed by atoms with Gasteiger partial charge in [0.15, 0.2) is 4.88 Å². The molecule has 0 aliphatic rings. The van der Waals surface area contributed by atoms with Crippen molar-refractivity contribution in [3.63, 3.8) is 0 Å². The van der Waals surface area contributed by atoms with Crippen LogP contribution < -0.4 is 4.74 Å². The minimum atomic E-state index is -0.927. The van der Waals surface area contributed by atoms with Crippen LogP contribution in [0.3, 0.4) is 0 Å². The molecule has 0 saturated heterocycles. The van der Waals surface area contributed by atoms with E-state index in [1.165, 1.54) is 11.3 Å². The van der Waals surface area contributed by atoms with Crippen LogP contribution in [0.1, 0.15) is 40.7 Å². The highest BCUT2D eigenvalue weighted by Gasteiger charge is 2.18. The first-order valence-electron chi connectivity index (χ1n) is 5.55. The zero-order valence-corrected chi connectivity index (χ0v) is 11.2. The number of ether oxygens (including phenoxy) is 2. The van der Waals surface area contributed by atoms with E-state index in [0.717, 1.165) is 11.3 Å². The fourth-order valence-corrected chi connectivity index (χ4v) is 2.26. The van der Waals surface area contributed by atoms with Crippen LogP contribution >= 0.6 is 11.3 Å². The molecule has 17 heavy (non-hydrogen) atoms. The molecule has 0 aliphatic heterocycles. The Bertz CT molecular complexity index is 371. The highest BCUT2D eigenvalue weighted by atomic mass is 32.1. The Hall–Kier alpha value is -1.07. The molecule has 1 heterocycles. The second-order valence-electron chi connectivity index (χ2n) is 4.00. The third kappa shape index (κ3) is 4.02. The molecule has 0 bridgehead atoms. The first kappa shape index (κ1) is 14.0. The summed E-state index contributed by atoms with van der Waals surface area (Å²) in [6, 6.07) is 1.82. The van der Waals surface area contributed by atoms with Gasteiger partial charge in [-0.25, -0.2) is 4.79 Å². The molecule has 5 heteroatoms. The average Bonchev–Trinajstić information content (AvgIpc) is 2.68. The van der Waals surface area contributed by atoms with Crippen molar-refractivity contribution in [3.8, 4) is 5.75 Å². The highest BCUT2D eigenvalue weighted by molar-refractivity contribution is 7.14. The first-order valence-corrected chi connectivity index (χ1v) is 6.36. The van der Waals surface area contributed by atoms with Gasteiger partial charge in [-0.1, -0.05) is 13.8 Å². The molecule has 0 atom stereocenters. The number of hydrogen-bond donors (Lipinski definition) is 1. The Labute approximate surface area is 105 Å². The van der Waals surface area contributed by atoms with Gasteiger partial charge in [0.25, 0.3) is 0 Å². The second kappa shape index (κ2) is 6.61. The first-order chi connectivity index (χ1) is 8.06. The van der Waals surface area contributed by atoms with Crippen LogP contribution in [0.25, 0.3) is 0 Å². The van der Waals surface area contributed by atoms with Gasteiger partial charge in [0.05, 0.1) is 6.61 Å². The minimum Gasteiger partial charge on any atom is -0.492 e. The maximum Gasteiger partial charge on any atom is 0.349 e. The van der Waals surface area contributed by atoms with Gasteiger partial charge < -0.3 is 14.6 Å². The predicted octanol–water partition coefficient (Wildman–Crippen LogP) is 2.99. The average molecular weight is 258 g/mol. The summed E-state index contributed by atoms with van der Waals surface area (Å²) in [7, 11) is 1.63. The van der Waals surface area contributed by atoms with Crippen molar-refractivity contribution in [1.29, 1.82) is 0 Å². The summed E-state index contributed by atoms with van der Waals surface area (Å²) >= 11 is 1.28. The summed E-state index contributed by atoms with van der Waals surface area (Å²) in [4.78, 5) is 12.4. The fourth-order valence-electron chi connectivity index (χ4n) is 1.32. The number of hydrogen-bond acceptors (Lipinski definition) is 4. The summed E-state index contributed by atoms with van der Waals surface area (Å²) in [5, 5.41) is 9.07. The molecule has 96 valence electrons. The molecule has 0 aliphatic carbocycles. The molecule has 1 N–H and O–H groups in total. The lowest BCUT2D eigenvalue weighted by Crippen LogP contribution is -2.03. The smallest absolute Gasteiger partial charge is 0.349 e. The summed E-state index contributed by atoms with van der Waals surface area (Å²) in [6.45, 7) is 5.16. The third-order valence-electron chi connectivity index (χ3n) is 2.23. The van der Waals surface area contributed by atoms with Gasteiger partial charge in [-0.3, -0.25) is 0 Å². The van der Waals surface area contributed by atoms with Gasteiger partial charge in [0.2, 0.25) is 0 Å². The zero-order chi connectivity index (χ0) is 12.8. The lowest BCUT2D eigenvalue weighted by molar-refractivity contribution is 0.0697. The lowest BCUT2D eigenvalue weighted by atomic mass is 10.2. The van der Waals surface area contributed by atoms with Crippen LogP contribution in [0, 0.1) is 0 Å². The molecular formula is C12H18O4S. The molecule has 0 saturated carbocycles. The maximum absolute atomic E-state index is 11.1.